The highest BCUT2D eigenvalue weighted by Gasteiger charge is 2.20. The first-order valence-corrected chi connectivity index (χ1v) is 10.4. The fourth-order valence-electron chi connectivity index (χ4n) is 3.33. The minimum absolute atomic E-state index is 0.111. The van der Waals surface area contributed by atoms with Crippen molar-refractivity contribution in [3.05, 3.63) is 59.6 Å². The van der Waals surface area contributed by atoms with Crippen molar-refractivity contribution < 1.29 is 9.59 Å². The number of rotatable bonds is 6. The van der Waals surface area contributed by atoms with Gasteiger partial charge in [-0.1, -0.05) is 17.7 Å². The van der Waals surface area contributed by atoms with Crippen LogP contribution >= 0.6 is 11.6 Å². The molecule has 3 heterocycles. The average Bonchev–Trinajstić information content (AvgIpc) is 3.48. The van der Waals surface area contributed by atoms with Crippen LogP contribution < -0.4 is 15.5 Å². The summed E-state index contributed by atoms with van der Waals surface area (Å²) in [6.07, 6.45) is 6.94. The number of hydrogen-bond acceptors (Lipinski definition) is 6. The summed E-state index contributed by atoms with van der Waals surface area (Å²) in [5, 5.41) is 9.88. The van der Waals surface area contributed by atoms with E-state index in [1.807, 2.05) is 4.90 Å². The Hall–Kier alpha value is -3.46. The highest BCUT2D eigenvalue weighted by molar-refractivity contribution is 6.34. The summed E-state index contributed by atoms with van der Waals surface area (Å²) in [4.78, 5) is 35.9. The largest absolute Gasteiger partial charge is 0.341 e. The van der Waals surface area contributed by atoms with Crippen LogP contribution in [0, 0.1) is 0 Å². The van der Waals surface area contributed by atoms with Crippen molar-refractivity contribution >= 4 is 40.7 Å². The maximum absolute atomic E-state index is 12.8. The second kappa shape index (κ2) is 9.13. The molecule has 0 spiro atoms. The van der Waals surface area contributed by atoms with E-state index in [0.717, 1.165) is 25.9 Å². The third-order valence-corrected chi connectivity index (χ3v) is 5.30. The van der Waals surface area contributed by atoms with Gasteiger partial charge in [-0.25, -0.2) is 9.97 Å². The fourth-order valence-corrected chi connectivity index (χ4v) is 3.50. The maximum atomic E-state index is 12.8. The van der Waals surface area contributed by atoms with Crippen LogP contribution in [0.4, 0.5) is 17.3 Å². The second-order valence-electron chi connectivity index (χ2n) is 7.25. The van der Waals surface area contributed by atoms with E-state index in [1.54, 1.807) is 54.3 Å². The molecule has 2 N–H and O–H groups in total. The topological polar surface area (TPSA) is 105 Å². The second-order valence-corrected chi connectivity index (χ2v) is 7.65. The van der Waals surface area contributed by atoms with Crippen LogP contribution in [-0.2, 0) is 4.79 Å². The van der Waals surface area contributed by atoms with E-state index in [4.69, 9.17) is 11.6 Å². The molecule has 0 aliphatic carbocycles. The Balaban J connectivity index is 1.45. The van der Waals surface area contributed by atoms with Gasteiger partial charge in [-0.3, -0.25) is 14.3 Å². The van der Waals surface area contributed by atoms with Gasteiger partial charge in [0.15, 0.2) is 5.69 Å². The zero-order chi connectivity index (χ0) is 21.8. The first-order valence-electron chi connectivity index (χ1n) is 10.00. The Morgan fingerprint density at radius 3 is 2.58 bits per heavy atom. The number of anilines is 3. The molecule has 1 aliphatic heterocycles. The molecule has 0 radical (unpaired) electrons. The van der Waals surface area contributed by atoms with Gasteiger partial charge in [-0.15, -0.1) is 0 Å². The van der Waals surface area contributed by atoms with Crippen LogP contribution in [0.3, 0.4) is 0 Å². The number of carbonyl (C=O) groups is 2. The molecule has 1 aromatic carbocycles. The van der Waals surface area contributed by atoms with Crippen molar-refractivity contribution in [3.8, 4) is 0 Å². The van der Waals surface area contributed by atoms with Crippen LogP contribution in [0.5, 0.6) is 0 Å². The predicted octanol–water partition coefficient (Wildman–Crippen LogP) is 3.38. The number of aromatic nitrogens is 4. The Morgan fingerprint density at radius 2 is 1.87 bits per heavy atom. The van der Waals surface area contributed by atoms with Gasteiger partial charge >= 0.3 is 0 Å². The minimum atomic E-state index is -0.475. The molecule has 1 aliphatic rings. The van der Waals surface area contributed by atoms with Gasteiger partial charge in [0, 0.05) is 36.9 Å². The molecule has 0 bridgehead atoms. The minimum Gasteiger partial charge on any atom is -0.341 e. The number of benzene rings is 1. The molecule has 4 rings (SSSR count). The molecule has 31 heavy (non-hydrogen) atoms. The number of amides is 2. The van der Waals surface area contributed by atoms with Crippen molar-refractivity contribution in [2.24, 2.45) is 0 Å². The molecule has 2 amide bonds. The predicted molar refractivity (Wildman–Crippen MR) is 118 cm³/mol. The monoisotopic (exact) mass is 439 g/mol. The SMILES string of the molecule is CC(C(=O)Nc1cccc(NC(=O)c2nc(N3CCCC3)ncc2Cl)c1)n1cccn1. The van der Waals surface area contributed by atoms with Gasteiger partial charge in [-0.05, 0) is 44.0 Å². The van der Waals surface area contributed by atoms with E-state index in [2.05, 4.69) is 25.7 Å². The molecule has 2 aromatic heterocycles. The van der Waals surface area contributed by atoms with Crippen LogP contribution in [0.15, 0.2) is 48.9 Å². The lowest BCUT2D eigenvalue weighted by atomic mass is 10.2. The van der Waals surface area contributed by atoms with Crippen LogP contribution in [0.25, 0.3) is 0 Å². The summed E-state index contributed by atoms with van der Waals surface area (Å²) in [5.74, 6) is -0.164. The molecule has 1 unspecified atom stereocenters. The summed E-state index contributed by atoms with van der Waals surface area (Å²) >= 11 is 6.18. The lowest BCUT2D eigenvalue weighted by Crippen LogP contribution is -2.24. The molecular formula is C21H22ClN7O2. The van der Waals surface area contributed by atoms with E-state index in [1.165, 1.54) is 6.20 Å². The Kier molecular flexibility index (Phi) is 6.13. The van der Waals surface area contributed by atoms with Crippen molar-refractivity contribution in [2.75, 3.05) is 28.6 Å². The molecule has 3 aromatic rings. The van der Waals surface area contributed by atoms with Gasteiger partial charge in [0.25, 0.3) is 5.91 Å². The Morgan fingerprint density at radius 1 is 1.13 bits per heavy atom. The third-order valence-electron chi connectivity index (χ3n) is 5.02. The molecular weight excluding hydrogens is 418 g/mol. The molecule has 10 heteroatoms. The maximum Gasteiger partial charge on any atom is 0.276 e. The summed E-state index contributed by atoms with van der Waals surface area (Å²) in [5.41, 5.74) is 1.17. The van der Waals surface area contributed by atoms with E-state index in [0.29, 0.717) is 17.3 Å². The zero-order valence-electron chi connectivity index (χ0n) is 17.0. The number of nitrogens with one attached hydrogen (secondary N) is 2. The molecule has 1 saturated heterocycles. The summed E-state index contributed by atoms with van der Waals surface area (Å²) < 4.78 is 1.57. The van der Waals surface area contributed by atoms with Gasteiger partial charge < -0.3 is 15.5 Å². The average molecular weight is 440 g/mol. The van der Waals surface area contributed by atoms with E-state index in [-0.39, 0.29) is 16.6 Å². The summed E-state index contributed by atoms with van der Waals surface area (Å²) in [6.45, 7) is 3.48. The summed E-state index contributed by atoms with van der Waals surface area (Å²) in [6, 6.07) is 8.15. The fraction of sp³-hybridized carbons (Fsp3) is 0.286. The third kappa shape index (κ3) is 4.83. The van der Waals surface area contributed by atoms with Gasteiger partial charge in [0.1, 0.15) is 6.04 Å². The Labute approximate surface area is 184 Å². The molecule has 1 atom stereocenters. The van der Waals surface area contributed by atoms with Gasteiger partial charge in [-0.2, -0.15) is 5.10 Å². The van der Waals surface area contributed by atoms with Crippen molar-refractivity contribution in [1.29, 1.82) is 0 Å². The number of hydrogen-bond donors (Lipinski definition) is 2. The summed E-state index contributed by atoms with van der Waals surface area (Å²) in [7, 11) is 0. The smallest absolute Gasteiger partial charge is 0.276 e. The Bertz CT molecular complexity index is 1080. The first-order chi connectivity index (χ1) is 15.0. The highest BCUT2D eigenvalue weighted by Crippen LogP contribution is 2.22. The van der Waals surface area contributed by atoms with Gasteiger partial charge in [0.05, 0.1) is 11.2 Å². The van der Waals surface area contributed by atoms with Crippen molar-refractivity contribution in [1.82, 2.24) is 19.7 Å². The van der Waals surface area contributed by atoms with Crippen molar-refractivity contribution in [2.45, 2.75) is 25.8 Å². The standard InChI is InChI=1S/C21H22ClN7O2/c1-14(29-11-5-8-24-29)19(30)25-15-6-4-7-16(12-15)26-20(31)18-17(22)13-23-21(27-18)28-9-2-3-10-28/h4-8,11-14H,2-3,9-10H2,1H3,(H,25,30)(H,26,31). The van der Waals surface area contributed by atoms with E-state index < -0.39 is 11.9 Å². The lowest BCUT2D eigenvalue weighted by molar-refractivity contribution is -0.119. The first kappa shape index (κ1) is 20.8. The molecule has 0 saturated carbocycles. The van der Waals surface area contributed by atoms with Crippen LogP contribution in [0.1, 0.15) is 36.3 Å². The van der Waals surface area contributed by atoms with Crippen LogP contribution in [-0.4, -0.2) is 44.7 Å². The quantitative estimate of drug-likeness (QED) is 0.610. The molecule has 1 fully saturated rings. The van der Waals surface area contributed by atoms with Gasteiger partial charge in [0.2, 0.25) is 11.9 Å². The van der Waals surface area contributed by atoms with Crippen LogP contribution in [0.2, 0.25) is 5.02 Å². The van der Waals surface area contributed by atoms with Crippen molar-refractivity contribution in [3.63, 3.8) is 0 Å². The molecule has 9 nitrogen and oxygen atoms in total. The number of nitrogens with zero attached hydrogens (tertiary/aromatic N) is 5. The van der Waals surface area contributed by atoms with E-state index in [9.17, 15) is 9.59 Å². The molecule has 160 valence electrons. The normalized spacial score (nSPS) is 14.3. The zero-order valence-corrected chi connectivity index (χ0v) is 17.7. The highest BCUT2D eigenvalue weighted by atomic mass is 35.5. The van der Waals surface area contributed by atoms with E-state index >= 15 is 0 Å². The number of halogens is 1. The lowest BCUT2D eigenvalue weighted by Gasteiger charge is -2.16. The number of carbonyl (C=O) groups excluding carboxylic acids is 2.